The fourth-order valence-electron chi connectivity index (χ4n) is 2.20. The molecule has 1 unspecified atom stereocenters. The van der Waals surface area contributed by atoms with E-state index in [9.17, 15) is 9.50 Å². The second-order valence-electron chi connectivity index (χ2n) is 5.63. The van der Waals surface area contributed by atoms with Crippen LogP contribution in [0.1, 0.15) is 29.7 Å². The molecule has 136 valence electrons. The van der Waals surface area contributed by atoms with Crippen LogP contribution in [0.3, 0.4) is 0 Å². The van der Waals surface area contributed by atoms with Gasteiger partial charge >= 0.3 is 0 Å². The lowest BCUT2D eigenvalue weighted by Crippen LogP contribution is -2.39. The maximum absolute atomic E-state index is 12.9. The average Bonchev–Trinajstić information content (AvgIpc) is 2.59. The molecule has 2 rings (SSSR count). The summed E-state index contributed by atoms with van der Waals surface area (Å²) in [5.74, 6) is 0.325. The molecule has 1 atom stereocenters. The molecule has 0 saturated carbocycles. The standard InChI is InChI=1S/C19H24FN3O.HI/c1-3-21-19(22-12-15-6-4-14(2)5-7-15)23-13-18(24)16-8-10-17(20)11-9-16;/h4-11,18,24H,3,12-13H2,1-2H3,(H2,21,22,23);1H. The summed E-state index contributed by atoms with van der Waals surface area (Å²) >= 11 is 0. The highest BCUT2D eigenvalue weighted by molar-refractivity contribution is 14.0. The second kappa shape index (κ2) is 11.0. The molecule has 0 bridgehead atoms. The van der Waals surface area contributed by atoms with Crippen LogP contribution in [0.15, 0.2) is 53.5 Å². The van der Waals surface area contributed by atoms with Crippen molar-refractivity contribution in [1.82, 2.24) is 10.6 Å². The summed E-state index contributed by atoms with van der Waals surface area (Å²) in [7, 11) is 0. The van der Waals surface area contributed by atoms with Crippen LogP contribution in [-0.4, -0.2) is 24.2 Å². The molecule has 4 nitrogen and oxygen atoms in total. The van der Waals surface area contributed by atoms with Gasteiger partial charge in [0.15, 0.2) is 5.96 Å². The molecule has 0 aromatic heterocycles. The lowest BCUT2D eigenvalue weighted by atomic mass is 10.1. The first-order chi connectivity index (χ1) is 11.6. The lowest BCUT2D eigenvalue weighted by Gasteiger charge is -2.15. The number of aryl methyl sites for hydroxylation is 1. The molecular weight excluding hydrogens is 432 g/mol. The molecule has 0 amide bonds. The number of benzene rings is 2. The lowest BCUT2D eigenvalue weighted by molar-refractivity contribution is 0.180. The quantitative estimate of drug-likeness (QED) is 0.354. The molecule has 0 saturated heterocycles. The van der Waals surface area contributed by atoms with Crippen LogP contribution in [0.5, 0.6) is 0 Å². The molecule has 3 N–H and O–H groups in total. The Kier molecular flexibility index (Phi) is 9.44. The van der Waals surface area contributed by atoms with E-state index in [0.717, 1.165) is 12.1 Å². The number of nitrogens with zero attached hydrogens (tertiary/aromatic N) is 1. The van der Waals surface area contributed by atoms with Gasteiger partial charge in [0.05, 0.1) is 12.6 Å². The molecule has 0 fully saturated rings. The first-order valence-electron chi connectivity index (χ1n) is 8.09. The zero-order valence-corrected chi connectivity index (χ0v) is 16.8. The number of hydrogen-bond donors (Lipinski definition) is 3. The predicted molar refractivity (Wildman–Crippen MR) is 111 cm³/mol. The number of guanidine groups is 1. The Balaban J connectivity index is 0.00000312. The molecule has 0 aliphatic carbocycles. The minimum Gasteiger partial charge on any atom is -0.387 e. The van der Waals surface area contributed by atoms with Gasteiger partial charge in [0, 0.05) is 13.1 Å². The molecule has 0 spiro atoms. The van der Waals surface area contributed by atoms with Gasteiger partial charge in [0.25, 0.3) is 0 Å². The normalized spacial score (nSPS) is 12.2. The highest BCUT2D eigenvalue weighted by Crippen LogP contribution is 2.12. The maximum Gasteiger partial charge on any atom is 0.191 e. The highest BCUT2D eigenvalue weighted by Gasteiger charge is 2.08. The van der Waals surface area contributed by atoms with Crippen molar-refractivity contribution in [3.8, 4) is 0 Å². The van der Waals surface area contributed by atoms with Crippen LogP contribution in [0, 0.1) is 12.7 Å². The van der Waals surface area contributed by atoms with E-state index >= 15 is 0 Å². The number of aliphatic hydroxyl groups is 1. The molecule has 0 aliphatic rings. The predicted octanol–water partition coefficient (Wildman–Crippen LogP) is 3.54. The van der Waals surface area contributed by atoms with Crippen molar-refractivity contribution in [2.24, 2.45) is 4.99 Å². The number of halogens is 2. The minimum atomic E-state index is -0.728. The summed E-state index contributed by atoms with van der Waals surface area (Å²) in [5.41, 5.74) is 3.00. The Hall–Kier alpha value is -1.67. The van der Waals surface area contributed by atoms with Gasteiger partial charge in [-0.1, -0.05) is 42.0 Å². The van der Waals surface area contributed by atoms with Gasteiger partial charge in [-0.15, -0.1) is 24.0 Å². The van der Waals surface area contributed by atoms with E-state index < -0.39 is 6.10 Å². The third-order valence-corrected chi connectivity index (χ3v) is 3.60. The van der Waals surface area contributed by atoms with E-state index in [-0.39, 0.29) is 29.8 Å². The first-order valence-corrected chi connectivity index (χ1v) is 8.09. The van der Waals surface area contributed by atoms with E-state index in [1.54, 1.807) is 12.1 Å². The van der Waals surface area contributed by atoms with Crippen LogP contribution in [-0.2, 0) is 6.54 Å². The second-order valence-corrected chi connectivity index (χ2v) is 5.63. The van der Waals surface area contributed by atoms with Crippen molar-refractivity contribution < 1.29 is 9.50 Å². The third kappa shape index (κ3) is 7.39. The smallest absolute Gasteiger partial charge is 0.191 e. The number of nitrogens with one attached hydrogen (secondary N) is 2. The Morgan fingerprint density at radius 2 is 1.72 bits per heavy atom. The summed E-state index contributed by atoms with van der Waals surface area (Å²) in [6.07, 6.45) is -0.728. The van der Waals surface area contributed by atoms with E-state index in [1.165, 1.54) is 17.7 Å². The van der Waals surface area contributed by atoms with Crippen LogP contribution < -0.4 is 10.6 Å². The zero-order valence-electron chi connectivity index (χ0n) is 14.5. The Morgan fingerprint density at radius 3 is 2.32 bits per heavy atom. The molecule has 2 aromatic carbocycles. The first kappa shape index (κ1) is 21.4. The zero-order chi connectivity index (χ0) is 17.4. The molecule has 0 aliphatic heterocycles. The van der Waals surface area contributed by atoms with E-state index in [1.807, 2.05) is 6.92 Å². The summed E-state index contributed by atoms with van der Waals surface area (Å²) in [4.78, 5) is 4.52. The van der Waals surface area contributed by atoms with Crippen LogP contribution >= 0.6 is 24.0 Å². The molecule has 2 aromatic rings. The monoisotopic (exact) mass is 457 g/mol. The van der Waals surface area contributed by atoms with Crippen LogP contribution in [0.25, 0.3) is 0 Å². The number of aliphatic imine (C=N–C) groups is 1. The summed E-state index contributed by atoms with van der Waals surface area (Å²) in [6, 6.07) is 14.1. The number of aliphatic hydroxyl groups excluding tert-OH is 1. The Bertz CT molecular complexity index is 659. The summed E-state index contributed by atoms with van der Waals surface area (Å²) < 4.78 is 12.9. The SMILES string of the molecule is CCNC(=NCc1ccc(C)cc1)NCC(O)c1ccc(F)cc1.I. The van der Waals surface area contributed by atoms with Crippen LogP contribution in [0.4, 0.5) is 4.39 Å². The van der Waals surface area contributed by atoms with Crippen molar-refractivity contribution >= 4 is 29.9 Å². The van der Waals surface area contributed by atoms with Gasteiger partial charge in [-0.05, 0) is 37.1 Å². The summed E-state index contributed by atoms with van der Waals surface area (Å²) in [5, 5.41) is 16.4. The fraction of sp³-hybridized carbons (Fsp3) is 0.316. The van der Waals surface area contributed by atoms with Crippen LogP contribution in [0.2, 0.25) is 0 Å². The Morgan fingerprint density at radius 1 is 1.08 bits per heavy atom. The minimum absolute atomic E-state index is 0. The van der Waals surface area contributed by atoms with Gasteiger partial charge in [0.1, 0.15) is 5.82 Å². The third-order valence-electron chi connectivity index (χ3n) is 3.60. The van der Waals surface area contributed by atoms with Crippen molar-refractivity contribution in [1.29, 1.82) is 0 Å². The largest absolute Gasteiger partial charge is 0.387 e. The average molecular weight is 457 g/mol. The topological polar surface area (TPSA) is 56.7 Å². The van der Waals surface area contributed by atoms with Gasteiger partial charge < -0.3 is 15.7 Å². The maximum atomic E-state index is 12.9. The van der Waals surface area contributed by atoms with Crippen molar-refractivity contribution in [2.45, 2.75) is 26.5 Å². The van der Waals surface area contributed by atoms with Gasteiger partial charge in [-0.2, -0.15) is 0 Å². The van der Waals surface area contributed by atoms with E-state index in [2.05, 4.69) is 46.8 Å². The molecule has 25 heavy (non-hydrogen) atoms. The molecular formula is C19H25FIN3O. The van der Waals surface area contributed by atoms with Crippen molar-refractivity contribution in [3.63, 3.8) is 0 Å². The fourth-order valence-corrected chi connectivity index (χ4v) is 2.20. The van der Waals surface area contributed by atoms with E-state index in [0.29, 0.717) is 24.6 Å². The van der Waals surface area contributed by atoms with Gasteiger partial charge in [0.2, 0.25) is 0 Å². The molecule has 0 radical (unpaired) electrons. The number of hydrogen-bond acceptors (Lipinski definition) is 2. The van der Waals surface area contributed by atoms with Crippen molar-refractivity contribution in [2.75, 3.05) is 13.1 Å². The molecule has 6 heteroatoms. The molecule has 0 heterocycles. The van der Waals surface area contributed by atoms with E-state index in [4.69, 9.17) is 0 Å². The van der Waals surface area contributed by atoms with Crippen molar-refractivity contribution in [3.05, 3.63) is 71.0 Å². The van der Waals surface area contributed by atoms with Gasteiger partial charge in [-0.25, -0.2) is 9.38 Å². The number of rotatable bonds is 6. The Labute approximate surface area is 165 Å². The van der Waals surface area contributed by atoms with Gasteiger partial charge in [-0.3, -0.25) is 0 Å². The summed E-state index contributed by atoms with van der Waals surface area (Å²) in [6.45, 7) is 5.62. The highest BCUT2D eigenvalue weighted by atomic mass is 127.